The Morgan fingerprint density at radius 2 is 2.29 bits per heavy atom. The molecule has 1 atom stereocenters. The molecule has 1 unspecified atom stereocenters. The normalized spacial score (nSPS) is 13.4. The van der Waals surface area contributed by atoms with Crippen LogP contribution in [0.15, 0.2) is 0 Å². The van der Waals surface area contributed by atoms with Gasteiger partial charge >= 0.3 is 0 Å². The summed E-state index contributed by atoms with van der Waals surface area (Å²) in [6.45, 7) is -0.255. The van der Waals surface area contributed by atoms with Crippen LogP contribution in [-0.2, 0) is 0 Å². The van der Waals surface area contributed by atoms with Gasteiger partial charge < -0.3 is 16.6 Å². The smallest absolute Gasteiger partial charge is 0.110 e. The van der Waals surface area contributed by atoms with Crippen molar-refractivity contribution in [3.8, 4) is 0 Å². The first-order valence-electron chi connectivity index (χ1n) is 1.89. The second-order valence-corrected chi connectivity index (χ2v) is 1.24. The van der Waals surface area contributed by atoms with Gasteiger partial charge in [0, 0.05) is 0 Å². The first-order chi connectivity index (χ1) is 3.18. The highest BCUT2D eigenvalue weighted by molar-refractivity contribution is 5.82. The van der Waals surface area contributed by atoms with Crippen LogP contribution >= 0.6 is 0 Å². The summed E-state index contributed by atoms with van der Waals surface area (Å²) >= 11 is 0. The van der Waals surface area contributed by atoms with Crippen LogP contribution in [0, 0.1) is 5.41 Å². The number of nitrogens with two attached hydrogens (primary N) is 2. The third-order valence-corrected chi connectivity index (χ3v) is 0.596. The number of aliphatic hydroxyl groups excluding tert-OH is 1. The van der Waals surface area contributed by atoms with Gasteiger partial charge in [0.25, 0.3) is 0 Å². The van der Waals surface area contributed by atoms with Crippen molar-refractivity contribution in [3.63, 3.8) is 0 Å². The number of nitrogens with one attached hydrogen (secondary N) is 1. The van der Waals surface area contributed by atoms with Crippen LogP contribution < -0.4 is 11.5 Å². The lowest BCUT2D eigenvalue weighted by Gasteiger charge is -2.01. The first kappa shape index (κ1) is 6.39. The zero-order valence-electron chi connectivity index (χ0n) is 3.89. The van der Waals surface area contributed by atoms with Crippen molar-refractivity contribution >= 4 is 5.84 Å². The minimum Gasteiger partial charge on any atom is -0.394 e. The highest BCUT2D eigenvalue weighted by atomic mass is 16.3. The Balaban J connectivity index is 3.34. The number of hydrogen-bond acceptors (Lipinski definition) is 3. The third kappa shape index (κ3) is 2.13. The van der Waals surface area contributed by atoms with Crippen molar-refractivity contribution in [2.45, 2.75) is 6.04 Å². The lowest BCUT2D eigenvalue weighted by molar-refractivity contribution is 0.289. The molecule has 0 heterocycles. The van der Waals surface area contributed by atoms with Gasteiger partial charge in [0.05, 0.1) is 12.6 Å². The van der Waals surface area contributed by atoms with E-state index in [1.807, 2.05) is 0 Å². The average Bonchev–Trinajstić information content (AvgIpc) is 1.65. The molecule has 0 spiro atoms. The van der Waals surface area contributed by atoms with Crippen molar-refractivity contribution in [2.24, 2.45) is 11.5 Å². The lowest BCUT2D eigenvalue weighted by Crippen LogP contribution is -2.38. The van der Waals surface area contributed by atoms with E-state index >= 15 is 0 Å². The summed E-state index contributed by atoms with van der Waals surface area (Å²) < 4.78 is 0. The van der Waals surface area contributed by atoms with E-state index in [0.29, 0.717) is 0 Å². The maximum absolute atomic E-state index is 8.16. The molecule has 0 fully saturated rings. The Hall–Kier alpha value is -0.610. The van der Waals surface area contributed by atoms with E-state index in [1.54, 1.807) is 0 Å². The third-order valence-electron chi connectivity index (χ3n) is 0.596. The topological polar surface area (TPSA) is 96.1 Å². The standard InChI is InChI=1S/C3H9N3O/c4-2(1-7)3(5)6/h2,7H,1,4H2,(H3,5,6). The summed E-state index contributed by atoms with van der Waals surface area (Å²) in [6, 6.07) is -0.681. The fourth-order valence-corrected chi connectivity index (χ4v) is 0.0983. The zero-order valence-corrected chi connectivity index (χ0v) is 3.89. The average molecular weight is 103 g/mol. The van der Waals surface area contributed by atoms with Gasteiger partial charge in [0.1, 0.15) is 5.84 Å². The predicted molar refractivity (Wildman–Crippen MR) is 27.0 cm³/mol. The van der Waals surface area contributed by atoms with Crippen LogP contribution in [0.25, 0.3) is 0 Å². The van der Waals surface area contributed by atoms with E-state index in [9.17, 15) is 0 Å². The summed E-state index contributed by atoms with van der Waals surface area (Å²) in [7, 11) is 0. The lowest BCUT2D eigenvalue weighted by atomic mass is 10.3. The van der Waals surface area contributed by atoms with Crippen LogP contribution in [0.4, 0.5) is 0 Å². The summed E-state index contributed by atoms with van der Waals surface area (Å²) in [5.41, 5.74) is 9.86. The summed E-state index contributed by atoms with van der Waals surface area (Å²) in [6.07, 6.45) is 0. The summed E-state index contributed by atoms with van der Waals surface area (Å²) in [4.78, 5) is 0. The molecule has 0 rings (SSSR count). The van der Waals surface area contributed by atoms with Crippen molar-refractivity contribution in [3.05, 3.63) is 0 Å². The van der Waals surface area contributed by atoms with Crippen molar-refractivity contribution in [2.75, 3.05) is 6.61 Å². The molecule has 0 saturated carbocycles. The monoisotopic (exact) mass is 103 g/mol. The van der Waals surface area contributed by atoms with Crippen LogP contribution in [0.1, 0.15) is 0 Å². The molecule has 0 radical (unpaired) electrons. The van der Waals surface area contributed by atoms with Gasteiger partial charge in [-0.05, 0) is 0 Å². The van der Waals surface area contributed by atoms with Gasteiger partial charge in [-0.15, -0.1) is 0 Å². The fourth-order valence-electron chi connectivity index (χ4n) is 0.0983. The van der Waals surface area contributed by atoms with Gasteiger partial charge in [-0.1, -0.05) is 0 Å². The number of amidine groups is 1. The molecule has 4 heteroatoms. The van der Waals surface area contributed by atoms with Crippen LogP contribution in [0.3, 0.4) is 0 Å². The quantitative estimate of drug-likeness (QED) is 0.246. The van der Waals surface area contributed by atoms with E-state index in [-0.39, 0.29) is 12.4 Å². The fraction of sp³-hybridized carbons (Fsp3) is 0.667. The van der Waals surface area contributed by atoms with Crippen molar-refractivity contribution in [1.82, 2.24) is 0 Å². The van der Waals surface area contributed by atoms with Gasteiger partial charge in [0.15, 0.2) is 0 Å². The molecule has 0 aromatic rings. The van der Waals surface area contributed by atoms with Crippen LogP contribution in [0.5, 0.6) is 0 Å². The number of rotatable bonds is 2. The van der Waals surface area contributed by atoms with Gasteiger partial charge in [0.2, 0.25) is 0 Å². The largest absolute Gasteiger partial charge is 0.394 e. The molecule has 0 saturated heterocycles. The molecule has 6 N–H and O–H groups in total. The Bertz CT molecular complexity index is 72.6. The number of hydrogen-bond donors (Lipinski definition) is 4. The van der Waals surface area contributed by atoms with Gasteiger partial charge in [-0.3, -0.25) is 5.41 Å². The molecule has 4 nitrogen and oxygen atoms in total. The van der Waals surface area contributed by atoms with E-state index in [2.05, 4.69) is 0 Å². The molecule has 0 aliphatic carbocycles. The van der Waals surface area contributed by atoms with Gasteiger partial charge in [-0.2, -0.15) is 0 Å². The summed E-state index contributed by atoms with van der Waals surface area (Å²) in [5, 5.41) is 14.8. The Labute approximate surface area is 41.6 Å². The highest BCUT2D eigenvalue weighted by Crippen LogP contribution is 1.68. The molecule has 42 valence electrons. The van der Waals surface area contributed by atoms with Crippen molar-refractivity contribution in [1.29, 1.82) is 5.41 Å². The van der Waals surface area contributed by atoms with E-state index < -0.39 is 6.04 Å². The minimum absolute atomic E-state index is 0.178. The molecular weight excluding hydrogens is 94.1 g/mol. The second-order valence-electron chi connectivity index (χ2n) is 1.24. The highest BCUT2D eigenvalue weighted by Gasteiger charge is 1.99. The predicted octanol–water partition coefficient (Wildman–Crippen LogP) is -1.76. The van der Waals surface area contributed by atoms with E-state index in [4.69, 9.17) is 22.0 Å². The molecule has 0 bridgehead atoms. The van der Waals surface area contributed by atoms with Crippen LogP contribution in [0.2, 0.25) is 0 Å². The van der Waals surface area contributed by atoms with Crippen LogP contribution in [-0.4, -0.2) is 23.6 Å². The number of aliphatic hydroxyl groups is 1. The maximum Gasteiger partial charge on any atom is 0.110 e. The van der Waals surface area contributed by atoms with E-state index in [0.717, 1.165) is 0 Å². The molecule has 0 aliphatic rings. The second kappa shape index (κ2) is 2.54. The maximum atomic E-state index is 8.16. The first-order valence-corrected chi connectivity index (χ1v) is 1.89. The molecule has 7 heavy (non-hydrogen) atoms. The molecular formula is C3H9N3O. The Morgan fingerprint density at radius 3 is 2.29 bits per heavy atom. The van der Waals surface area contributed by atoms with E-state index in [1.165, 1.54) is 0 Å². The minimum atomic E-state index is -0.681. The molecule has 0 aromatic heterocycles. The molecule has 0 aromatic carbocycles. The van der Waals surface area contributed by atoms with Crippen molar-refractivity contribution < 1.29 is 5.11 Å². The summed E-state index contributed by atoms with van der Waals surface area (Å²) in [5.74, 6) is -0.178. The zero-order chi connectivity index (χ0) is 5.86. The Kier molecular flexibility index (Phi) is 2.32. The molecule has 0 aliphatic heterocycles. The molecule has 0 amide bonds. The SMILES string of the molecule is N=C(N)C(N)CO. The van der Waals surface area contributed by atoms with Gasteiger partial charge in [-0.25, -0.2) is 0 Å². The Morgan fingerprint density at radius 1 is 1.86 bits per heavy atom.